The number of fused-ring (bicyclic) bond motifs is 1. The molecule has 0 fully saturated rings. The van der Waals surface area contributed by atoms with Crippen LogP contribution in [-0.4, -0.2) is 43.9 Å². The van der Waals surface area contributed by atoms with Crippen molar-refractivity contribution in [2.75, 3.05) is 24.4 Å². The van der Waals surface area contributed by atoms with Gasteiger partial charge in [-0.15, -0.1) is 10.2 Å². The molecule has 0 atom stereocenters. The highest BCUT2D eigenvalue weighted by atomic mass is 16.5. The third-order valence-electron chi connectivity index (χ3n) is 5.34. The van der Waals surface area contributed by atoms with Crippen molar-refractivity contribution in [2.45, 2.75) is 13.1 Å². The Morgan fingerprint density at radius 1 is 1.09 bits per heavy atom. The largest absolute Gasteiger partial charge is 0.383 e. The minimum atomic E-state index is -0.550. The van der Waals surface area contributed by atoms with Crippen LogP contribution in [0.4, 0.5) is 17.1 Å². The van der Waals surface area contributed by atoms with Crippen molar-refractivity contribution in [3.63, 3.8) is 0 Å². The van der Waals surface area contributed by atoms with Crippen LogP contribution in [0, 0.1) is 0 Å². The highest BCUT2D eigenvalue weighted by molar-refractivity contribution is 5.84. The number of imidazole rings is 1. The Balaban J connectivity index is 1.34. The minimum Gasteiger partial charge on any atom is -0.383 e. The van der Waals surface area contributed by atoms with E-state index in [0.29, 0.717) is 31.2 Å². The van der Waals surface area contributed by atoms with Crippen LogP contribution < -0.4 is 21.5 Å². The smallest absolute Gasteiger partial charge is 0.253 e. The molecule has 5 aromatic rings. The zero-order chi connectivity index (χ0) is 22.8. The highest BCUT2D eigenvalue weighted by Crippen LogP contribution is 2.25. The summed E-state index contributed by atoms with van der Waals surface area (Å²) < 4.78 is 7.12. The third kappa shape index (κ3) is 3.96. The van der Waals surface area contributed by atoms with Crippen LogP contribution in [0.5, 0.6) is 0 Å². The molecule has 0 aliphatic carbocycles. The van der Waals surface area contributed by atoms with Crippen LogP contribution in [0.1, 0.15) is 5.56 Å². The second kappa shape index (κ2) is 8.63. The topological polar surface area (TPSA) is 140 Å². The van der Waals surface area contributed by atoms with Gasteiger partial charge in [0.2, 0.25) is 5.82 Å². The molecule has 166 valence electrons. The monoisotopic (exact) mass is 444 g/mol. The summed E-state index contributed by atoms with van der Waals surface area (Å²) >= 11 is 0. The maximum absolute atomic E-state index is 12.2. The van der Waals surface area contributed by atoms with Gasteiger partial charge in [-0.2, -0.15) is 5.21 Å². The predicted octanol–water partition coefficient (Wildman–Crippen LogP) is 1.81. The molecule has 3 N–H and O–H groups in total. The molecule has 11 nitrogen and oxygen atoms in total. The van der Waals surface area contributed by atoms with Gasteiger partial charge < -0.3 is 19.9 Å². The summed E-state index contributed by atoms with van der Waals surface area (Å²) in [6.07, 6.45) is 1.75. The summed E-state index contributed by atoms with van der Waals surface area (Å²) in [6, 6.07) is 13.1. The SMILES string of the molecule is COCCn1cnc2ccc(Nc3c(NCc4cccc(-c5nn[nH]n5)c4)c(=O)c3=O)cc21. The summed E-state index contributed by atoms with van der Waals surface area (Å²) in [7, 11) is 1.65. The second-order valence-electron chi connectivity index (χ2n) is 7.46. The molecule has 2 aromatic heterocycles. The number of H-pyrrole nitrogens is 1. The predicted molar refractivity (Wildman–Crippen MR) is 123 cm³/mol. The van der Waals surface area contributed by atoms with E-state index >= 15 is 0 Å². The fourth-order valence-corrected chi connectivity index (χ4v) is 3.62. The van der Waals surface area contributed by atoms with E-state index in [0.717, 1.165) is 22.2 Å². The van der Waals surface area contributed by atoms with Gasteiger partial charge in [0, 0.05) is 31.5 Å². The van der Waals surface area contributed by atoms with Crippen molar-refractivity contribution in [2.24, 2.45) is 0 Å². The quantitative estimate of drug-likeness (QED) is 0.290. The molecule has 0 radical (unpaired) electrons. The molecule has 0 bridgehead atoms. The van der Waals surface area contributed by atoms with E-state index in [9.17, 15) is 9.59 Å². The van der Waals surface area contributed by atoms with Gasteiger partial charge in [0.05, 0.1) is 24.0 Å². The van der Waals surface area contributed by atoms with E-state index in [4.69, 9.17) is 4.74 Å². The van der Waals surface area contributed by atoms with Crippen molar-refractivity contribution in [3.8, 4) is 11.4 Å². The van der Waals surface area contributed by atoms with E-state index in [1.54, 1.807) is 13.4 Å². The van der Waals surface area contributed by atoms with Crippen molar-refractivity contribution >= 4 is 28.1 Å². The molecule has 33 heavy (non-hydrogen) atoms. The molecule has 0 saturated heterocycles. The number of tetrazole rings is 1. The van der Waals surface area contributed by atoms with Crippen LogP contribution in [0.15, 0.2) is 58.4 Å². The maximum Gasteiger partial charge on any atom is 0.253 e. The van der Waals surface area contributed by atoms with Crippen LogP contribution >= 0.6 is 0 Å². The first-order valence-corrected chi connectivity index (χ1v) is 10.2. The Kier molecular flexibility index (Phi) is 5.37. The summed E-state index contributed by atoms with van der Waals surface area (Å²) in [4.78, 5) is 28.8. The number of nitrogens with zero attached hydrogens (tertiary/aromatic N) is 5. The average Bonchev–Trinajstić information content (AvgIpc) is 3.52. The molecule has 3 aromatic carbocycles. The normalized spacial score (nSPS) is 11.3. The van der Waals surface area contributed by atoms with Crippen molar-refractivity contribution in [1.82, 2.24) is 30.2 Å². The Labute approximate surface area is 187 Å². The Morgan fingerprint density at radius 3 is 2.79 bits per heavy atom. The number of aromatic amines is 1. The minimum absolute atomic E-state index is 0.247. The van der Waals surface area contributed by atoms with Gasteiger partial charge in [0.25, 0.3) is 10.9 Å². The average molecular weight is 444 g/mol. The first kappa shape index (κ1) is 20.5. The second-order valence-corrected chi connectivity index (χ2v) is 7.46. The molecule has 11 heteroatoms. The summed E-state index contributed by atoms with van der Waals surface area (Å²) in [5.41, 5.74) is 3.55. The van der Waals surface area contributed by atoms with E-state index < -0.39 is 10.9 Å². The van der Waals surface area contributed by atoms with Crippen LogP contribution in [0.25, 0.3) is 22.4 Å². The number of nitrogens with one attached hydrogen (secondary N) is 3. The van der Waals surface area contributed by atoms with Gasteiger partial charge in [-0.05, 0) is 35.0 Å². The number of hydrogen-bond acceptors (Lipinski definition) is 9. The van der Waals surface area contributed by atoms with Gasteiger partial charge in [-0.1, -0.05) is 18.2 Å². The standard InChI is InChI=1S/C22H20N8O3/c1-33-8-7-30-12-24-16-6-5-15(10-17(16)30)25-19-18(20(31)21(19)32)23-11-13-3-2-4-14(9-13)22-26-28-29-27-22/h2-6,9-10,12,23,25H,7-8,11H2,1H3,(H,26,27,28,29). The molecule has 0 saturated carbocycles. The van der Waals surface area contributed by atoms with Gasteiger partial charge >= 0.3 is 0 Å². The van der Waals surface area contributed by atoms with Crippen LogP contribution in [0.3, 0.4) is 0 Å². The number of hydrogen-bond donors (Lipinski definition) is 3. The molecule has 0 spiro atoms. The van der Waals surface area contributed by atoms with Crippen molar-refractivity contribution < 1.29 is 4.74 Å². The van der Waals surface area contributed by atoms with Gasteiger partial charge in [0.15, 0.2) is 0 Å². The molecule has 5 rings (SSSR count). The first-order chi connectivity index (χ1) is 16.1. The van der Waals surface area contributed by atoms with E-state index in [1.807, 2.05) is 47.0 Å². The highest BCUT2D eigenvalue weighted by Gasteiger charge is 2.21. The van der Waals surface area contributed by atoms with E-state index in [2.05, 4.69) is 36.2 Å². The Morgan fingerprint density at radius 2 is 1.97 bits per heavy atom. The number of aromatic nitrogens is 6. The lowest BCUT2D eigenvalue weighted by Crippen LogP contribution is -2.36. The number of benzene rings is 2. The lowest BCUT2D eigenvalue weighted by Gasteiger charge is -2.15. The third-order valence-corrected chi connectivity index (χ3v) is 5.34. The van der Waals surface area contributed by atoms with Crippen molar-refractivity contribution in [1.29, 1.82) is 0 Å². The van der Waals surface area contributed by atoms with Crippen LogP contribution in [-0.2, 0) is 17.8 Å². The molecule has 0 amide bonds. The zero-order valence-corrected chi connectivity index (χ0v) is 17.7. The maximum atomic E-state index is 12.2. The van der Waals surface area contributed by atoms with E-state index in [-0.39, 0.29) is 11.4 Å². The van der Waals surface area contributed by atoms with Crippen LogP contribution in [0.2, 0.25) is 0 Å². The van der Waals surface area contributed by atoms with E-state index in [1.165, 1.54) is 0 Å². The lowest BCUT2D eigenvalue weighted by atomic mass is 10.1. The zero-order valence-electron chi connectivity index (χ0n) is 17.7. The number of methoxy groups -OCH3 is 1. The fourth-order valence-electron chi connectivity index (χ4n) is 3.62. The van der Waals surface area contributed by atoms with Crippen molar-refractivity contribution in [3.05, 3.63) is 74.8 Å². The molecular weight excluding hydrogens is 424 g/mol. The van der Waals surface area contributed by atoms with Gasteiger partial charge in [-0.25, -0.2) is 4.98 Å². The molecule has 0 aliphatic rings. The number of ether oxygens (including phenoxy) is 1. The lowest BCUT2D eigenvalue weighted by molar-refractivity contribution is 0.188. The molecule has 0 aliphatic heterocycles. The van der Waals surface area contributed by atoms with Gasteiger partial charge in [0.1, 0.15) is 11.4 Å². The summed E-state index contributed by atoms with van der Waals surface area (Å²) in [6.45, 7) is 1.57. The Bertz CT molecular complexity index is 1480. The molecule has 0 unspecified atom stereocenters. The number of rotatable bonds is 9. The molecular formula is C22H20N8O3. The molecule has 2 heterocycles. The van der Waals surface area contributed by atoms with Gasteiger partial charge in [-0.3, -0.25) is 9.59 Å². The fraction of sp³-hybridized carbons (Fsp3) is 0.182. The number of anilines is 3. The summed E-state index contributed by atoms with van der Waals surface area (Å²) in [5, 5.41) is 20.1. The summed E-state index contributed by atoms with van der Waals surface area (Å²) in [5.74, 6) is 0.480. The first-order valence-electron chi connectivity index (χ1n) is 10.2. The Hall–Kier alpha value is -4.38.